The zero-order valence-electron chi connectivity index (χ0n) is 74.2. The van der Waals surface area contributed by atoms with E-state index < -0.39 is 104 Å². The predicted molar refractivity (Wildman–Crippen MR) is 421 cm³/mol. The number of rotatable bonds is 22. The van der Waals surface area contributed by atoms with Gasteiger partial charge in [-0.15, -0.1) is 0 Å². The topological polar surface area (TPSA) is 401 Å². The SMILES string of the molecule is CCC(C)(C)C(=O)OC1C2CC3C(=O)OC1C3O2.CCC(C)(C)C(=O)OC1C2CC3C1OC(=O)C3(C#N)C2.CCC(C)(C)C(=O)OC1C2CC3C1OC(=O)C3C2C(=O)OC.CCC(C)(C)C(=O)OC1C2CC3CC2C(=O)COC31.CCC(C)(C)C(=O)OC1CC2CCC1(C)OCC2=O.CCC(C)(C)C(=O)OCCC(=O)OC1C2CC3C(=O)OC1C3C2. The number of nitriles is 1. The fourth-order valence-corrected chi connectivity index (χ4v) is 20.8. The summed E-state index contributed by atoms with van der Waals surface area (Å²) in [6, 6.07) is 2.15. The van der Waals surface area contributed by atoms with E-state index >= 15 is 0 Å². The number of nitrogens with zero attached hydrogens (tertiary/aromatic N) is 1. The molecule has 19 aliphatic rings. The minimum absolute atomic E-state index is 0.00175. The average Bonchev–Trinajstić information content (AvgIpc) is 1.54. The van der Waals surface area contributed by atoms with E-state index in [-0.39, 0.29) is 205 Å². The lowest BCUT2D eigenvalue weighted by molar-refractivity contribution is -0.183. The summed E-state index contributed by atoms with van der Waals surface area (Å²) in [6.45, 7) is 36.3. The number of carbonyl (C=O) groups excluding carboxylic acids is 14. The Morgan fingerprint density at radius 2 is 0.967 bits per heavy atom. The maximum absolute atomic E-state index is 12.4. The van der Waals surface area contributed by atoms with Crippen molar-refractivity contribution in [3.8, 4) is 6.07 Å². The van der Waals surface area contributed by atoms with E-state index in [0.717, 1.165) is 57.8 Å². The molecular weight excluding hydrogens is 1570 g/mol. The fourth-order valence-electron chi connectivity index (χ4n) is 20.8. The van der Waals surface area contributed by atoms with Gasteiger partial charge in [0.1, 0.15) is 80.4 Å². The molecule has 672 valence electrons. The van der Waals surface area contributed by atoms with Gasteiger partial charge in [0.2, 0.25) is 0 Å². The van der Waals surface area contributed by atoms with Crippen molar-refractivity contribution in [1.29, 1.82) is 5.26 Å². The molecule has 0 amide bonds. The van der Waals surface area contributed by atoms with Crippen LogP contribution in [-0.2, 0) is 138 Å². The number of fused-ring (bicyclic) bond motifs is 10. The highest BCUT2D eigenvalue weighted by Gasteiger charge is 2.74. The van der Waals surface area contributed by atoms with Crippen LogP contribution in [0, 0.1) is 132 Å². The number of ketones is 2. The molecule has 30 nitrogen and oxygen atoms in total. The fraction of sp³-hybridized carbons (Fsp3) is 0.835. The molecule has 29 atom stereocenters. The van der Waals surface area contributed by atoms with Crippen LogP contribution in [0.3, 0.4) is 0 Å². The van der Waals surface area contributed by atoms with Gasteiger partial charge in [-0.05, 0) is 205 Å². The molecule has 10 aliphatic heterocycles. The van der Waals surface area contributed by atoms with Crippen LogP contribution < -0.4 is 0 Å². The summed E-state index contributed by atoms with van der Waals surface area (Å²) in [4.78, 5) is 168. The number of hydrogen-bond donors (Lipinski definition) is 0. The first-order valence-electron chi connectivity index (χ1n) is 44.4. The van der Waals surface area contributed by atoms with E-state index in [4.69, 9.17) is 71.1 Å². The lowest BCUT2D eigenvalue weighted by atomic mass is 9.74. The second kappa shape index (κ2) is 34.7. The molecule has 19 fully saturated rings. The van der Waals surface area contributed by atoms with Crippen LogP contribution in [0.1, 0.15) is 247 Å². The second-order valence-electron chi connectivity index (χ2n) is 41.0. The summed E-state index contributed by atoms with van der Waals surface area (Å²) in [5, 5.41) is 9.31. The molecule has 30 heteroatoms. The Morgan fingerprint density at radius 3 is 1.55 bits per heavy atom. The molecule has 0 N–H and O–H groups in total. The Hall–Kier alpha value is -7.65. The van der Waals surface area contributed by atoms with Crippen molar-refractivity contribution in [2.75, 3.05) is 26.9 Å². The summed E-state index contributed by atoms with van der Waals surface area (Å²) in [7, 11) is 1.31. The average molecular weight is 1700 g/mol. The minimum Gasteiger partial charge on any atom is -0.469 e. The van der Waals surface area contributed by atoms with Gasteiger partial charge in [-0.3, -0.25) is 67.1 Å². The van der Waals surface area contributed by atoms with Crippen molar-refractivity contribution in [2.24, 2.45) is 121 Å². The van der Waals surface area contributed by atoms with E-state index in [1.807, 2.05) is 132 Å². The first-order valence-corrected chi connectivity index (χ1v) is 44.4. The predicted octanol–water partition coefficient (Wildman–Crippen LogP) is 10.5. The van der Waals surface area contributed by atoms with Crippen LogP contribution in [0.5, 0.6) is 0 Å². The maximum atomic E-state index is 12.4. The third-order valence-corrected chi connectivity index (χ3v) is 31.5. The molecule has 14 bridgehead atoms. The van der Waals surface area contributed by atoms with Crippen LogP contribution >= 0.6 is 0 Å². The first-order chi connectivity index (χ1) is 56.7. The lowest BCUT2D eigenvalue weighted by Crippen LogP contribution is -2.48. The van der Waals surface area contributed by atoms with E-state index in [2.05, 4.69) is 6.07 Å². The second-order valence-corrected chi connectivity index (χ2v) is 41.0. The molecule has 0 spiro atoms. The van der Waals surface area contributed by atoms with Crippen molar-refractivity contribution >= 4 is 83.2 Å². The first kappa shape index (κ1) is 92.5. The largest absolute Gasteiger partial charge is 0.469 e. The van der Waals surface area contributed by atoms with Crippen molar-refractivity contribution in [1.82, 2.24) is 0 Å². The minimum atomic E-state index is -0.974. The van der Waals surface area contributed by atoms with Crippen LogP contribution in [0.4, 0.5) is 0 Å². The summed E-state index contributed by atoms with van der Waals surface area (Å²) in [5.41, 5.74) is -4.58. The standard InChI is InChI=1S/C17H24O6.C16H22O6.C15H19NO4.C15H22O4.C15H24O4.C13H18O5/c1-4-17(2,3)16(20)21-6-5-12(18)22-13-9-7-10-11(8-9)15(19)23-14(10)13;1-5-16(2,3)15(19)22-12-7-6-8-10(9(7)13(17)20-4)14(18)21-11(8)12;1-4-14(2,3)12(17)19-10-8-5-9-11(10)20-13(18)15(9,6-8)7-16;1-4-15(2,3)14(17)19-13-10-6-8-5-9(10)11(16)7-18-12(8)13;1-5-14(2,3)13(17)19-12-8-10-6-7-15(12,4)18-9-11(10)16;1-4-13(2,3)12(15)18-9-7-5-6-8(16-7)10(9)17-11(6)14/h9-11,13-14H,4-8H2,1-3H3;7-12H,5-6H2,1-4H3;8-11H,4-6H2,1-3H3;8-10,12-13H,4-7H2,1-3H3;10,12H,5-9H2,1-4H3;6-10H,4-5H2,1-3H3. The van der Waals surface area contributed by atoms with Crippen molar-refractivity contribution in [2.45, 2.75) is 332 Å². The number of methoxy groups -OCH3 is 1. The normalized spacial score (nSPS) is 38.4. The van der Waals surface area contributed by atoms with Gasteiger partial charge in [-0.2, -0.15) is 5.26 Å². The molecule has 9 aliphatic carbocycles. The smallest absolute Gasteiger partial charge is 0.327 e. The Kier molecular flexibility index (Phi) is 26.5. The van der Waals surface area contributed by atoms with Crippen molar-refractivity contribution in [3.63, 3.8) is 0 Å². The van der Waals surface area contributed by atoms with E-state index in [0.29, 0.717) is 57.3 Å². The molecular formula is C91H129NO29. The molecule has 10 saturated heterocycles. The number of hydrogen-bond acceptors (Lipinski definition) is 30. The number of carbonyl (C=O) groups is 14. The van der Waals surface area contributed by atoms with Crippen LogP contribution in [0.25, 0.3) is 0 Å². The van der Waals surface area contributed by atoms with Gasteiger partial charge >= 0.3 is 71.6 Å². The van der Waals surface area contributed by atoms with Crippen molar-refractivity contribution in [3.05, 3.63) is 0 Å². The molecule has 121 heavy (non-hydrogen) atoms. The quantitative estimate of drug-likeness (QED) is 0.0717. The zero-order chi connectivity index (χ0) is 88.8. The molecule has 0 aromatic carbocycles. The van der Waals surface area contributed by atoms with Gasteiger partial charge in [0, 0.05) is 53.3 Å². The third-order valence-electron chi connectivity index (χ3n) is 31.5. The van der Waals surface area contributed by atoms with E-state index in [1.54, 1.807) is 0 Å². The Balaban J connectivity index is 0.000000133. The zero-order valence-corrected chi connectivity index (χ0v) is 74.2. The molecule has 19 rings (SSSR count). The highest BCUT2D eigenvalue weighted by Crippen LogP contribution is 2.64. The van der Waals surface area contributed by atoms with E-state index in [9.17, 15) is 72.4 Å². The number of ether oxygens (including phenoxy) is 15. The molecule has 0 aromatic heterocycles. The Labute approximate surface area is 709 Å². The van der Waals surface area contributed by atoms with E-state index in [1.165, 1.54) is 7.11 Å². The number of esters is 12. The Morgan fingerprint density at radius 1 is 0.463 bits per heavy atom. The van der Waals surface area contributed by atoms with Gasteiger partial charge in [0.05, 0.1) is 88.0 Å². The molecule has 10 heterocycles. The van der Waals surface area contributed by atoms with Gasteiger partial charge in [-0.25, -0.2) is 0 Å². The molecule has 9 saturated carbocycles. The summed E-state index contributed by atoms with van der Waals surface area (Å²) in [5.74, 6) is -3.31. The maximum Gasteiger partial charge on any atom is 0.327 e. The molecule has 0 radical (unpaired) electrons. The summed E-state index contributed by atoms with van der Waals surface area (Å²) in [6.07, 6.45) is 8.52. The summed E-state index contributed by atoms with van der Waals surface area (Å²) < 4.78 is 82.3. The van der Waals surface area contributed by atoms with Crippen LogP contribution in [-0.4, -0.2) is 195 Å². The highest BCUT2D eigenvalue weighted by molar-refractivity contribution is 5.88. The van der Waals surface area contributed by atoms with Gasteiger partial charge in [0.25, 0.3) is 0 Å². The molecule has 29 unspecified atom stereocenters. The molecule has 0 aromatic rings. The third kappa shape index (κ3) is 17.3. The van der Waals surface area contributed by atoms with Gasteiger partial charge in [0.15, 0.2) is 29.2 Å². The van der Waals surface area contributed by atoms with Gasteiger partial charge in [-0.1, -0.05) is 41.5 Å². The lowest BCUT2D eigenvalue weighted by Gasteiger charge is -2.40. The number of Topliss-reactive ketones (excluding diaryl/α,β-unsaturated/α-hetero) is 2. The van der Waals surface area contributed by atoms with Crippen LogP contribution in [0.15, 0.2) is 0 Å². The monoisotopic (exact) mass is 1700 g/mol. The van der Waals surface area contributed by atoms with Gasteiger partial charge < -0.3 is 71.1 Å². The highest BCUT2D eigenvalue weighted by atomic mass is 16.7. The summed E-state index contributed by atoms with van der Waals surface area (Å²) >= 11 is 0. The Bertz CT molecular complexity index is 4060. The van der Waals surface area contributed by atoms with Crippen molar-refractivity contribution < 1.29 is 138 Å². The van der Waals surface area contributed by atoms with Crippen LogP contribution in [0.2, 0.25) is 0 Å².